The smallest absolute Gasteiger partial charge is 0.267 e. The lowest BCUT2D eigenvalue weighted by Crippen LogP contribution is -2.11. The summed E-state index contributed by atoms with van der Waals surface area (Å²) in [4.78, 5) is 22.6. The number of aromatic nitrogens is 2. The van der Waals surface area contributed by atoms with E-state index in [0.29, 0.717) is 16.3 Å². The highest BCUT2D eigenvalue weighted by Gasteiger charge is 2.18. The normalized spacial score (nSPS) is 10.9. The third-order valence-corrected chi connectivity index (χ3v) is 6.17. The molecule has 0 aliphatic heterocycles. The molecule has 0 aliphatic rings. The topological polar surface area (TPSA) is 80.9 Å². The minimum Gasteiger partial charge on any atom is -0.397 e. The molecular formula is C20H15BrN4OS. The monoisotopic (exact) mass is 438 g/mol. The number of halogens is 1. The number of nitrogen functional groups attached to an aromatic ring is 1. The Morgan fingerprint density at radius 3 is 2.67 bits per heavy atom. The summed E-state index contributed by atoms with van der Waals surface area (Å²) in [5.74, 6) is -0.239. The van der Waals surface area contributed by atoms with Crippen molar-refractivity contribution in [1.82, 2.24) is 9.97 Å². The van der Waals surface area contributed by atoms with E-state index in [1.807, 2.05) is 49.4 Å². The zero-order valence-electron chi connectivity index (χ0n) is 14.4. The van der Waals surface area contributed by atoms with E-state index in [9.17, 15) is 4.79 Å². The first kappa shape index (κ1) is 17.6. The molecule has 4 rings (SSSR count). The van der Waals surface area contributed by atoms with Gasteiger partial charge in [0.15, 0.2) is 0 Å². The zero-order valence-corrected chi connectivity index (χ0v) is 16.8. The Kier molecular flexibility index (Phi) is 4.63. The van der Waals surface area contributed by atoms with E-state index in [2.05, 4.69) is 31.2 Å². The van der Waals surface area contributed by atoms with E-state index in [-0.39, 0.29) is 5.91 Å². The summed E-state index contributed by atoms with van der Waals surface area (Å²) in [6, 6.07) is 13.3. The van der Waals surface area contributed by atoms with Crippen LogP contribution in [0.1, 0.15) is 15.2 Å². The van der Waals surface area contributed by atoms with Crippen molar-refractivity contribution < 1.29 is 4.79 Å². The predicted octanol–water partition coefficient (Wildman–Crippen LogP) is 5.26. The fraction of sp³-hybridized carbons (Fsp3) is 0.0500. The molecular weight excluding hydrogens is 424 g/mol. The number of thiophene rings is 1. The van der Waals surface area contributed by atoms with Crippen LogP contribution >= 0.6 is 27.3 Å². The molecule has 0 saturated heterocycles. The molecule has 5 nitrogen and oxygen atoms in total. The molecule has 0 atom stereocenters. The number of nitrogens with one attached hydrogen (secondary N) is 1. The number of hydrogen-bond acceptors (Lipinski definition) is 5. The molecule has 3 aromatic heterocycles. The fourth-order valence-electron chi connectivity index (χ4n) is 2.71. The highest BCUT2D eigenvalue weighted by molar-refractivity contribution is 9.10. The summed E-state index contributed by atoms with van der Waals surface area (Å²) in [6.45, 7) is 1.99. The van der Waals surface area contributed by atoms with E-state index in [1.54, 1.807) is 12.4 Å². The van der Waals surface area contributed by atoms with E-state index in [1.165, 1.54) is 11.3 Å². The lowest BCUT2D eigenvalue weighted by atomic mass is 10.1. The molecule has 7 heteroatoms. The summed E-state index contributed by atoms with van der Waals surface area (Å²) >= 11 is 4.77. The van der Waals surface area contributed by atoms with E-state index >= 15 is 0 Å². The molecule has 27 heavy (non-hydrogen) atoms. The van der Waals surface area contributed by atoms with Crippen molar-refractivity contribution in [2.45, 2.75) is 6.92 Å². The van der Waals surface area contributed by atoms with Gasteiger partial charge in [-0.15, -0.1) is 11.3 Å². The highest BCUT2D eigenvalue weighted by atomic mass is 79.9. The lowest BCUT2D eigenvalue weighted by Gasteiger charge is -2.06. The average molecular weight is 439 g/mol. The predicted molar refractivity (Wildman–Crippen MR) is 114 cm³/mol. The van der Waals surface area contributed by atoms with Gasteiger partial charge < -0.3 is 11.1 Å². The van der Waals surface area contributed by atoms with Gasteiger partial charge in [-0.25, -0.2) is 4.98 Å². The Labute approximate surface area is 168 Å². The van der Waals surface area contributed by atoms with Crippen LogP contribution in [-0.2, 0) is 0 Å². The number of rotatable bonds is 3. The average Bonchev–Trinajstić information content (AvgIpc) is 3.02. The first-order valence-corrected chi connectivity index (χ1v) is 9.81. The van der Waals surface area contributed by atoms with Crippen molar-refractivity contribution in [2.75, 3.05) is 11.1 Å². The molecule has 0 aliphatic carbocycles. The van der Waals surface area contributed by atoms with Gasteiger partial charge in [-0.3, -0.25) is 9.78 Å². The van der Waals surface area contributed by atoms with Crippen LogP contribution in [0.5, 0.6) is 0 Å². The number of nitrogens with two attached hydrogens (primary N) is 1. The fourth-order valence-corrected chi connectivity index (χ4v) is 4.08. The number of carbonyl (C=O) groups is 1. The minimum atomic E-state index is -0.239. The molecule has 0 spiro atoms. The zero-order chi connectivity index (χ0) is 19.0. The molecule has 1 aromatic carbocycles. The molecule has 0 bridgehead atoms. The number of pyridine rings is 2. The first-order chi connectivity index (χ1) is 13.0. The number of amides is 1. The quantitative estimate of drug-likeness (QED) is 0.456. The Morgan fingerprint density at radius 1 is 1.15 bits per heavy atom. The van der Waals surface area contributed by atoms with Gasteiger partial charge in [0.05, 0.1) is 11.4 Å². The van der Waals surface area contributed by atoms with E-state index < -0.39 is 0 Å². The summed E-state index contributed by atoms with van der Waals surface area (Å²) in [5.41, 5.74) is 10.3. The largest absolute Gasteiger partial charge is 0.397 e. The van der Waals surface area contributed by atoms with Gasteiger partial charge in [-0.05, 0) is 48.9 Å². The Bertz CT molecular complexity index is 1160. The van der Waals surface area contributed by atoms with Crippen LogP contribution in [0.4, 0.5) is 11.4 Å². The third kappa shape index (κ3) is 3.43. The number of nitrogens with zero attached hydrogens (tertiary/aromatic N) is 2. The summed E-state index contributed by atoms with van der Waals surface area (Å²) in [5, 5.41) is 3.69. The van der Waals surface area contributed by atoms with Crippen molar-refractivity contribution in [2.24, 2.45) is 0 Å². The van der Waals surface area contributed by atoms with Crippen molar-refractivity contribution in [1.29, 1.82) is 0 Å². The van der Waals surface area contributed by atoms with Gasteiger partial charge in [-0.2, -0.15) is 0 Å². The second-order valence-electron chi connectivity index (χ2n) is 6.05. The maximum absolute atomic E-state index is 12.7. The molecule has 1 amide bonds. The number of fused-ring (bicyclic) bond motifs is 1. The lowest BCUT2D eigenvalue weighted by molar-refractivity contribution is 0.103. The number of carbonyl (C=O) groups excluding carboxylic acids is 1. The van der Waals surface area contributed by atoms with Gasteiger partial charge in [0.1, 0.15) is 9.71 Å². The van der Waals surface area contributed by atoms with Crippen molar-refractivity contribution >= 4 is 54.8 Å². The van der Waals surface area contributed by atoms with Crippen LogP contribution in [0.3, 0.4) is 0 Å². The van der Waals surface area contributed by atoms with Gasteiger partial charge in [-0.1, -0.05) is 22.0 Å². The Hall–Kier alpha value is -2.77. The number of benzene rings is 1. The highest BCUT2D eigenvalue weighted by Crippen LogP contribution is 2.34. The van der Waals surface area contributed by atoms with Crippen molar-refractivity contribution in [3.63, 3.8) is 0 Å². The minimum absolute atomic E-state index is 0.239. The first-order valence-electron chi connectivity index (χ1n) is 8.20. The molecule has 3 heterocycles. The van der Waals surface area contributed by atoms with Gasteiger partial charge in [0.25, 0.3) is 5.91 Å². The van der Waals surface area contributed by atoms with Gasteiger partial charge >= 0.3 is 0 Å². The maximum atomic E-state index is 12.7. The van der Waals surface area contributed by atoms with Crippen molar-refractivity contribution in [3.8, 4) is 11.3 Å². The Balaban J connectivity index is 1.68. The molecule has 0 unspecified atom stereocenters. The summed E-state index contributed by atoms with van der Waals surface area (Å²) < 4.78 is 0.938. The maximum Gasteiger partial charge on any atom is 0.267 e. The summed E-state index contributed by atoms with van der Waals surface area (Å²) in [7, 11) is 0. The van der Waals surface area contributed by atoms with Crippen LogP contribution in [0.2, 0.25) is 0 Å². The number of anilines is 2. The molecule has 4 aromatic rings. The van der Waals surface area contributed by atoms with Crippen LogP contribution in [0.25, 0.3) is 21.5 Å². The summed E-state index contributed by atoms with van der Waals surface area (Å²) in [6.07, 6.45) is 3.45. The van der Waals surface area contributed by atoms with Gasteiger partial charge in [0, 0.05) is 33.5 Å². The van der Waals surface area contributed by atoms with Crippen LogP contribution in [0, 0.1) is 6.92 Å². The molecule has 134 valence electrons. The standard InChI is InChI=1S/C20H15BrN4OS/c1-11-2-3-13(10-15(11)21)24-19(26)18-17(22)14-4-5-16(25-20(14)27-18)12-6-8-23-9-7-12/h2-10H,22H2,1H3,(H,24,26). The van der Waals surface area contributed by atoms with E-state index in [0.717, 1.165) is 31.5 Å². The number of hydrogen-bond donors (Lipinski definition) is 2. The van der Waals surface area contributed by atoms with Crippen LogP contribution in [-0.4, -0.2) is 15.9 Å². The molecule has 0 fully saturated rings. The van der Waals surface area contributed by atoms with Gasteiger partial charge in [0.2, 0.25) is 0 Å². The SMILES string of the molecule is Cc1ccc(NC(=O)c2sc3nc(-c4ccncc4)ccc3c2N)cc1Br. The molecule has 0 saturated carbocycles. The van der Waals surface area contributed by atoms with E-state index in [4.69, 9.17) is 5.73 Å². The second kappa shape index (κ2) is 7.09. The van der Waals surface area contributed by atoms with Crippen LogP contribution in [0.15, 0.2) is 59.3 Å². The molecule has 0 radical (unpaired) electrons. The third-order valence-electron chi connectivity index (χ3n) is 4.21. The Morgan fingerprint density at radius 2 is 1.93 bits per heavy atom. The molecule has 3 N–H and O–H groups in total. The second-order valence-corrected chi connectivity index (χ2v) is 7.90. The van der Waals surface area contributed by atoms with Crippen molar-refractivity contribution in [3.05, 3.63) is 69.8 Å². The number of aryl methyl sites for hydroxylation is 1. The van der Waals surface area contributed by atoms with Crippen LogP contribution < -0.4 is 11.1 Å².